The predicted octanol–water partition coefficient (Wildman–Crippen LogP) is 0.102. The fourth-order valence-corrected chi connectivity index (χ4v) is 1.37. The fraction of sp³-hybridized carbons (Fsp3) is 0.625. The molecule has 0 heterocycles. The monoisotopic (exact) mass is 232 g/mol. The standard InChI is InChI=1S/C8H16N4O2S/c1-9-7(15)6(12(13)14)8(10(2)3)11(4)5/h1-5H3,(H,9,15). The molecule has 1 N–H and O–H groups in total. The summed E-state index contributed by atoms with van der Waals surface area (Å²) in [5.74, 6) is 0.458. The van der Waals surface area contributed by atoms with Crippen LogP contribution < -0.4 is 5.32 Å². The van der Waals surface area contributed by atoms with Crippen molar-refractivity contribution in [1.82, 2.24) is 15.1 Å². The highest BCUT2D eigenvalue weighted by atomic mass is 32.1. The molecule has 0 aromatic rings. The highest BCUT2D eigenvalue weighted by Crippen LogP contribution is 2.11. The van der Waals surface area contributed by atoms with Crippen molar-refractivity contribution in [3.63, 3.8) is 0 Å². The van der Waals surface area contributed by atoms with Gasteiger partial charge >= 0.3 is 5.70 Å². The van der Waals surface area contributed by atoms with Gasteiger partial charge < -0.3 is 15.1 Å². The summed E-state index contributed by atoms with van der Waals surface area (Å²) in [4.78, 5) is 13.9. The van der Waals surface area contributed by atoms with Crippen molar-refractivity contribution in [2.45, 2.75) is 0 Å². The summed E-state index contributed by atoms with van der Waals surface area (Å²) >= 11 is 4.90. The smallest absolute Gasteiger partial charge is 0.343 e. The minimum Gasteiger partial charge on any atom is -0.374 e. The van der Waals surface area contributed by atoms with E-state index in [1.54, 1.807) is 45.0 Å². The van der Waals surface area contributed by atoms with E-state index < -0.39 is 4.92 Å². The molecule has 0 fully saturated rings. The molecule has 6 nitrogen and oxygen atoms in total. The number of nitrogens with zero attached hydrogens (tertiary/aromatic N) is 3. The van der Waals surface area contributed by atoms with Crippen molar-refractivity contribution in [2.24, 2.45) is 0 Å². The molecule has 0 spiro atoms. The van der Waals surface area contributed by atoms with Gasteiger partial charge in [-0.25, -0.2) is 0 Å². The Morgan fingerprint density at radius 3 is 1.87 bits per heavy atom. The Hall–Kier alpha value is -1.37. The first-order valence-electron chi connectivity index (χ1n) is 4.28. The molecule has 0 aliphatic rings. The molecule has 15 heavy (non-hydrogen) atoms. The normalized spacial score (nSPS) is 9.13. The van der Waals surface area contributed by atoms with Crippen molar-refractivity contribution in [3.8, 4) is 0 Å². The summed E-state index contributed by atoms with van der Waals surface area (Å²) in [5, 5.41) is 13.5. The third-order valence-corrected chi connectivity index (χ3v) is 2.08. The lowest BCUT2D eigenvalue weighted by Gasteiger charge is -2.24. The van der Waals surface area contributed by atoms with Crippen LogP contribution in [-0.4, -0.2) is 54.9 Å². The van der Waals surface area contributed by atoms with Gasteiger partial charge in [-0.2, -0.15) is 0 Å². The van der Waals surface area contributed by atoms with E-state index in [0.717, 1.165) is 0 Å². The third kappa shape index (κ3) is 3.35. The van der Waals surface area contributed by atoms with Crippen molar-refractivity contribution in [3.05, 3.63) is 21.6 Å². The zero-order valence-corrected chi connectivity index (χ0v) is 10.4. The third-order valence-electron chi connectivity index (χ3n) is 1.68. The van der Waals surface area contributed by atoms with Gasteiger partial charge in [0, 0.05) is 35.2 Å². The van der Waals surface area contributed by atoms with Gasteiger partial charge in [0.05, 0.1) is 4.92 Å². The minimum absolute atomic E-state index is 0.0949. The van der Waals surface area contributed by atoms with Crippen LogP contribution in [0.5, 0.6) is 0 Å². The summed E-state index contributed by atoms with van der Waals surface area (Å²) in [6, 6.07) is 0. The number of thiocarbonyl (C=S) groups is 1. The number of likely N-dealkylation sites (N-methyl/N-ethyl adjacent to an activating group) is 1. The molecule has 0 saturated heterocycles. The van der Waals surface area contributed by atoms with E-state index in [1.165, 1.54) is 0 Å². The van der Waals surface area contributed by atoms with Crippen LogP contribution in [0.1, 0.15) is 0 Å². The van der Waals surface area contributed by atoms with E-state index in [-0.39, 0.29) is 10.7 Å². The lowest BCUT2D eigenvalue weighted by atomic mass is 10.4. The Balaban J connectivity index is 5.56. The van der Waals surface area contributed by atoms with Crippen LogP contribution in [0.4, 0.5) is 0 Å². The second-order valence-electron chi connectivity index (χ2n) is 3.30. The van der Waals surface area contributed by atoms with Crippen LogP contribution in [0, 0.1) is 10.1 Å². The molecule has 86 valence electrons. The van der Waals surface area contributed by atoms with Crippen LogP contribution in [0.15, 0.2) is 11.5 Å². The molecular weight excluding hydrogens is 216 g/mol. The lowest BCUT2D eigenvalue weighted by molar-refractivity contribution is -0.418. The second-order valence-corrected chi connectivity index (χ2v) is 3.71. The molecule has 7 heteroatoms. The maximum absolute atomic E-state index is 10.9. The van der Waals surface area contributed by atoms with Crippen molar-refractivity contribution in [1.29, 1.82) is 0 Å². The Morgan fingerprint density at radius 2 is 1.67 bits per heavy atom. The van der Waals surface area contributed by atoms with E-state index in [4.69, 9.17) is 12.2 Å². The summed E-state index contributed by atoms with van der Waals surface area (Å²) in [6.07, 6.45) is 0. The van der Waals surface area contributed by atoms with Crippen molar-refractivity contribution < 1.29 is 4.92 Å². The minimum atomic E-state index is -0.478. The average Bonchev–Trinajstić information content (AvgIpc) is 2.10. The summed E-state index contributed by atoms with van der Waals surface area (Å²) in [6.45, 7) is 0. The van der Waals surface area contributed by atoms with Gasteiger partial charge in [0.2, 0.25) is 0 Å². The maximum Gasteiger partial charge on any atom is 0.343 e. The molecule has 0 saturated carbocycles. The van der Waals surface area contributed by atoms with Gasteiger partial charge in [0.15, 0.2) is 10.8 Å². The summed E-state index contributed by atoms with van der Waals surface area (Å²) < 4.78 is 0. The maximum atomic E-state index is 10.9. The SMILES string of the molecule is CNC(=S)C(=C(N(C)C)N(C)C)[N+](=O)[O-]. The summed E-state index contributed by atoms with van der Waals surface area (Å²) in [5.41, 5.74) is -0.0949. The Morgan fingerprint density at radius 1 is 1.27 bits per heavy atom. The molecule has 0 aromatic heterocycles. The topological polar surface area (TPSA) is 61.6 Å². The molecule has 0 bridgehead atoms. The van der Waals surface area contributed by atoms with Crippen molar-refractivity contribution >= 4 is 17.2 Å². The van der Waals surface area contributed by atoms with Gasteiger partial charge in [0.1, 0.15) is 0 Å². The van der Waals surface area contributed by atoms with E-state index in [2.05, 4.69) is 5.32 Å². The van der Waals surface area contributed by atoms with Crippen molar-refractivity contribution in [2.75, 3.05) is 35.2 Å². The molecule has 0 rings (SSSR count). The first kappa shape index (κ1) is 13.6. The number of hydrogen-bond donors (Lipinski definition) is 1. The number of rotatable bonds is 4. The van der Waals surface area contributed by atoms with Gasteiger partial charge in [0.25, 0.3) is 0 Å². The van der Waals surface area contributed by atoms with Gasteiger partial charge in [-0.05, 0) is 0 Å². The first-order chi connectivity index (χ1) is 6.82. The fourth-order valence-electron chi connectivity index (χ4n) is 1.21. The largest absolute Gasteiger partial charge is 0.374 e. The Labute approximate surface area is 94.7 Å². The molecule has 0 unspecified atom stereocenters. The van der Waals surface area contributed by atoms with E-state index in [1.807, 2.05) is 0 Å². The van der Waals surface area contributed by atoms with Crippen LogP contribution in [-0.2, 0) is 0 Å². The quantitative estimate of drug-likeness (QED) is 0.321. The van der Waals surface area contributed by atoms with E-state index >= 15 is 0 Å². The molecule has 0 aliphatic heterocycles. The van der Waals surface area contributed by atoms with E-state index in [0.29, 0.717) is 5.82 Å². The summed E-state index contributed by atoms with van der Waals surface area (Å²) in [7, 11) is 8.50. The molecule has 0 aromatic carbocycles. The highest BCUT2D eigenvalue weighted by molar-refractivity contribution is 7.80. The van der Waals surface area contributed by atoms with Gasteiger partial charge in [-0.3, -0.25) is 10.1 Å². The lowest BCUT2D eigenvalue weighted by Crippen LogP contribution is -2.33. The number of nitro groups is 1. The van der Waals surface area contributed by atoms with Crippen LogP contribution in [0.3, 0.4) is 0 Å². The number of nitrogens with one attached hydrogen (secondary N) is 1. The van der Waals surface area contributed by atoms with Crippen LogP contribution in [0.2, 0.25) is 0 Å². The predicted molar refractivity (Wildman–Crippen MR) is 63.1 cm³/mol. The van der Waals surface area contributed by atoms with Gasteiger partial charge in [-0.15, -0.1) is 0 Å². The molecule has 0 amide bonds. The highest BCUT2D eigenvalue weighted by Gasteiger charge is 2.26. The van der Waals surface area contributed by atoms with Gasteiger partial charge in [-0.1, -0.05) is 12.2 Å². The first-order valence-corrected chi connectivity index (χ1v) is 4.69. The number of hydrogen-bond acceptors (Lipinski definition) is 5. The Bertz CT molecular complexity index is 289. The van der Waals surface area contributed by atoms with E-state index in [9.17, 15) is 10.1 Å². The zero-order chi connectivity index (χ0) is 12.2. The molecule has 0 radical (unpaired) electrons. The molecular formula is C8H16N4O2S. The van der Waals surface area contributed by atoms with Crippen LogP contribution in [0.25, 0.3) is 0 Å². The van der Waals surface area contributed by atoms with Crippen LogP contribution >= 0.6 is 12.2 Å². The average molecular weight is 232 g/mol. The molecule has 0 aliphatic carbocycles. The second kappa shape index (κ2) is 5.50. The Kier molecular flexibility index (Phi) is 4.99. The molecule has 0 atom stereocenters. The zero-order valence-electron chi connectivity index (χ0n) is 9.57.